The zero-order valence-electron chi connectivity index (χ0n) is 20.7. The number of halogens is 1. The summed E-state index contributed by atoms with van der Waals surface area (Å²) in [6.07, 6.45) is 7.33. The molecule has 190 valence electrons. The summed E-state index contributed by atoms with van der Waals surface area (Å²) in [7, 11) is 0. The maximum Gasteiger partial charge on any atom is 0.232 e. The Morgan fingerprint density at radius 2 is 1.75 bits per heavy atom. The zero-order valence-corrected chi connectivity index (χ0v) is 22.2. The predicted octanol–water partition coefficient (Wildman–Crippen LogP) is 6.25. The highest BCUT2D eigenvalue weighted by atomic mass is 35.5. The van der Waals surface area contributed by atoms with Crippen LogP contribution in [0.3, 0.4) is 0 Å². The molecule has 0 radical (unpaired) electrons. The number of nitrogens with zero attached hydrogens (tertiary/aromatic N) is 4. The van der Waals surface area contributed by atoms with Gasteiger partial charge in [0.05, 0.1) is 6.54 Å². The Morgan fingerprint density at radius 3 is 2.53 bits per heavy atom. The van der Waals surface area contributed by atoms with Gasteiger partial charge in [0.2, 0.25) is 5.95 Å². The van der Waals surface area contributed by atoms with E-state index in [4.69, 9.17) is 38.2 Å². The summed E-state index contributed by atoms with van der Waals surface area (Å²) in [6, 6.07) is 14.1. The Labute approximate surface area is 223 Å². The Hall–Kier alpha value is -2.84. The summed E-state index contributed by atoms with van der Waals surface area (Å²) in [5.74, 6) is 4.06. The molecule has 3 aromatic rings. The molecule has 5 rings (SSSR count). The number of hydrogen-bond acceptors (Lipinski definition) is 6. The maximum atomic E-state index is 5.99. The molecule has 2 aromatic heterocycles. The Balaban J connectivity index is 1.27. The molecule has 4 heterocycles. The minimum atomic E-state index is 0.460. The minimum absolute atomic E-state index is 0.460. The van der Waals surface area contributed by atoms with Crippen molar-refractivity contribution >= 4 is 46.5 Å². The molecule has 7 nitrogen and oxygen atoms in total. The van der Waals surface area contributed by atoms with Crippen molar-refractivity contribution in [2.24, 2.45) is 0 Å². The van der Waals surface area contributed by atoms with E-state index >= 15 is 0 Å². The number of anilines is 3. The number of aromatic nitrogens is 2. The molecule has 1 unspecified atom stereocenters. The van der Waals surface area contributed by atoms with Gasteiger partial charge in [0.1, 0.15) is 23.2 Å². The second kappa shape index (κ2) is 11.5. The van der Waals surface area contributed by atoms with Crippen LogP contribution in [0.4, 0.5) is 17.6 Å². The number of rotatable bonds is 6. The van der Waals surface area contributed by atoms with Crippen molar-refractivity contribution in [1.82, 2.24) is 15.3 Å². The predicted molar refractivity (Wildman–Crippen MR) is 151 cm³/mol. The van der Waals surface area contributed by atoms with Crippen molar-refractivity contribution in [3.63, 3.8) is 0 Å². The van der Waals surface area contributed by atoms with Crippen molar-refractivity contribution in [2.45, 2.75) is 58.0 Å². The monoisotopic (exact) mass is 524 g/mol. The lowest BCUT2D eigenvalue weighted by atomic mass is 10.0. The van der Waals surface area contributed by atoms with Crippen LogP contribution in [0.1, 0.15) is 51.2 Å². The average Bonchev–Trinajstić information content (AvgIpc) is 3.38. The van der Waals surface area contributed by atoms with Crippen molar-refractivity contribution in [1.29, 1.82) is 0 Å². The molecule has 0 amide bonds. The molecular weight excluding hydrogens is 492 g/mol. The van der Waals surface area contributed by atoms with Crippen LogP contribution in [0.25, 0.3) is 11.3 Å². The highest BCUT2D eigenvalue weighted by molar-refractivity contribution is 7.80. The van der Waals surface area contributed by atoms with Gasteiger partial charge in [0, 0.05) is 42.3 Å². The number of hydrogen-bond donors (Lipinski definition) is 2. The molecule has 2 N–H and O–H groups in total. The average molecular weight is 525 g/mol. The smallest absolute Gasteiger partial charge is 0.232 e. The van der Waals surface area contributed by atoms with E-state index in [-0.39, 0.29) is 0 Å². The standard InChI is InChI=1S/C27H33ClN6OS/c1-19-7-3-6-16-34(19)25-17-24(33-14-4-2-5-15-33)30-26(31-25)32-27(36)29-18-22-12-13-23(35-22)20-8-10-21(28)11-9-20/h8-13,17,19H,2-7,14-16,18H2,1H3,(H2,29,30,31,32,36). The first kappa shape index (κ1) is 24.8. The van der Waals surface area contributed by atoms with Crippen LogP contribution in [-0.4, -0.2) is 40.8 Å². The third-order valence-corrected chi connectivity index (χ3v) is 7.41. The summed E-state index contributed by atoms with van der Waals surface area (Å²) in [5.41, 5.74) is 0.980. The van der Waals surface area contributed by atoms with Crippen LogP contribution in [0.2, 0.25) is 5.02 Å². The van der Waals surface area contributed by atoms with Crippen LogP contribution in [0.5, 0.6) is 0 Å². The van der Waals surface area contributed by atoms with Crippen LogP contribution in [0, 0.1) is 0 Å². The first-order valence-corrected chi connectivity index (χ1v) is 13.6. The van der Waals surface area contributed by atoms with E-state index < -0.39 is 0 Å². The Morgan fingerprint density at radius 1 is 1.00 bits per heavy atom. The van der Waals surface area contributed by atoms with Crippen LogP contribution < -0.4 is 20.4 Å². The lowest BCUT2D eigenvalue weighted by molar-refractivity contribution is 0.481. The minimum Gasteiger partial charge on any atom is -0.459 e. The van der Waals surface area contributed by atoms with Crippen molar-refractivity contribution < 1.29 is 4.42 Å². The molecule has 2 aliphatic rings. The number of furan rings is 1. The molecule has 1 atom stereocenters. The molecule has 1 aromatic carbocycles. The summed E-state index contributed by atoms with van der Waals surface area (Å²) in [4.78, 5) is 14.5. The van der Waals surface area contributed by atoms with E-state index in [2.05, 4.69) is 33.4 Å². The third kappa shape index (κ3) is 6.10. The van der Waals surface area contributed by atoms with Crippen molar-refractivity contribution in [2.75, 3.05) is 34.8 Å². The highest BCUT2D eigenvalue weighted by Crippen LogP contribution is 2.28. The van der Waals surface area contributed by atoms with Gasteiger partial charge in [0.15, 0.2) is 5.11 Å². The lowest BCUT2D eigenvalue weighted by Gasteiger charge is -2.35. The van der Waals surface area contributed by atoms with E-state index in [9.17, 15) is 0 Å². The number of piperidine rings is 2. The first-order valence-electron chi connectivity index (χ1n) is 12.9. The zero-order chi connectivity index (χ0) is 24.9. The molecule has 9 heteroatoms. The van der Waals surface area contributed by atoms with Gasteiger partial charge in [-0.05, 0) is 94.1 Å². The summed E-state index contributed by atoms with van der Waals surface area (Å²) < 4.78 is 5.98. The molecule has 2 aliphatic heterocycles. The quantitative estimate of drug-likeness (QED) is 0.367. The molecule has 0 bridgehead atoms. The molecule has 36 heavy (non-hydrogen) atoms. The second-order valence-electron chi connectivity index (χ2n) is 9.57. The fraction of sp³-hybridized carbons (Fsp3) is 0.444. The first-order chi connectivity index (χ1) is 17.5. The van der Waals surface area contributed by atoms with E-state index in [0.29, 0.717) is 28.7 Å². The van der Waals surface area contributed by atoms with E-state index in [1.54, 1.807) is 0 Å². The SMILES string of the molecule is CC1CCCCN1c1cc(N2CCCCC2)nc(NC(=S)NCc2ccc(-c3ccc(Cl)cc3)o2)n1. The van der Waals surface area contributed by atoms with E-state index in [0.717, 1.165) is 48.4 Å². The fourth-order valence-electron chi connectivity index (χ4n) is 4.90. The molecule has 0 aliphatic carbocycles. The van der Waals surface area contributed by atoms with Gasteiger partial charge < -0.3 is 24.9 Å². The highest BCUT2D eigenvalue weighted by Gasteiger charge is 2.23. The third-order valence-electron chi connectivity index (χ3n) is 6.92. The summed E-state index contributed by atoms with van der Waals surface area (Å²) >= 11 is 11.6. The summed E-state index contributed by atoms with van der Waals surface area (Å²) in [5, 5.41) is 7.61. The van der Waals surface area contributed by atoms with Gasteiger partial charge >= 0.3 is 0 Å². The molecule has 2 fully saturated rings. The van der Waals surface area contributed by atoms with Crippen LogP contribution in [0.15, 0.2) is 46.9 Å². The molecule has 0 saturated carbocycles. The van der Waals surface area contributed by atoms with Crippen LogP contribution in [-0.2, 0) is 6.54 Å². The normalized spacial score (nSPS) is 18.2. The fourth-order valence-corrected chi connectivity index (χ4v) is 5.19. The van der Waals surface area contributed by atoms with Gasteiger partial charge in [-0.25, -0.2) is 0 Å². The van der Waals surface area contributed by atoms with Gasteiger partial charge in [-0.2, -0.15) is 9.97 Å². The number of nitrogens with one attached hydrogen (secondary N) is 2. The van der Waals surface area contributed by atoms with E-state index in [1.165, 1.54) is 38.5 Å². The van der Waals surface area contributed by atoms with Crippen molar-refractivity contribution in [3.8, 4) is 11.3 Å². The topological polar surface area (TPSA) is 69.5 Å². The molecule has 2 saturated heterocycles. The van der Waals surface area contributed by atoms with Gasteiger partial charge in [0.25, 0.3) is 0 Å². The Kier molecular flexibility index (Phi) is 7.92. The second-order valence-corrected chi connectivity index (χ2v) is 10.4. The largest absolute Gasteiger partial charge is 0.459 e. The van der Waals surface area contributed by atoms with Gasteiger partial charge in [-0.3, -0.25) is 0 Å². The van der Waals surface area contributed by atoms with Gasteiger partial charge in [-0.1, -0.05) is 11.6 Å². The summed E-state index contributed by atoms with van der Waals surface area (Å²) in [6.45, 7) is 5.82. The lowest BCUT2D eigenvalue weighted by Crippen LogP contribution is -2.39. The molecular formula is C27H33ClN6OS. The molecule has 0 spiro atoms. The van der Waals surface area contributed by atoms with Crippen molar-refractivity contribution in [3.05, 3.63) is 53.2 Å². The number of thiocarbonyl (C=S) groups is 1. The van der Waals surface area contributed by atoms with Crippen LogP contribution >= 0.6 is 23.8 Å². The Bertz CT molecular complexity index is 1180. The number of benzene rings is 1. The van der Waals surface area contributed by atoms with E-state index in [1.807, 2.05) is 36.4 Å². The van der Waals surface area contributed by atoms with Gasteiger partial charge in [-0.15, -0.1) is 0 Å². The maximum absolute atomic E-state index is 5.99.